The Bertz CT molecular complexity index is 753. The Morgan fingerprint density at radius 1 is 1.29 bits per heavy atom. The van der Waals surface area contributed by atoms with Crippen molar-refractivity contribution in [2.45, 2.75) is 25.3 Å². The highest BCUT2D eigenvalue weighted by Gasteiger charge is 2.17. The fourth-order valence-electron chi connectivity index (χ4n) is 2.01. The van der Waals surface area contributed by atoms with Crippen LogP contribution in [-0.4, -0.2) is 13.4 Å². The summed E-state index contributed by atoms with van der Waals surface area (Å²) in [5.41, 5.74) is 7.40. The molecule has 0 saturated carbocycles. The van der Waals surface area contributed by atoms with Gasteiger partial charge in [-0.2, -0.15) is 0 Å². The van der Waals surface area contributed by atoms with Gasteiger partial charge in [0.1, 0.15) is 10.7 Å². The Morgan fingerprint density at radius 2 is 1.90 bits per heavy atom. The monoisotopic (exact) mass is 309 g/mol. The molecule has 0 amide bonds. The summed E-state index contributed by atoms with van der Waals surface area (Å²) in [4.78, 5) is 3.69. The number of aromatic nitrogens is 1. The second kappa shape index (κ2) is 5.79. The molecular formula is C14H16FN3O2S. The Kier molecular flexibility index (Phi) is 4.24. The lowest BCUT2D eigenvalue weighted by atomic mass is 10.1. The van der Waals surface area contributed by atoms with Gasteiger partial charge in [0.2, 0.25) is 10.0 Å². The minimum absolute atomic E-state index is 0.0542. The molecule has 2 aromatic rings. The van der Waals surface area contributed by atoms with Crippen molar-refractivity contribution in [3.8, 4) is 0 Å². The van der Waals surface area contributed by atoms with E-state index in [2.05, 4.69) is 9.71 Å². The third-order valence-electron chi connectivity index (χ3n) is 3.07. The van der Waals surface area contributed by atoms with Crippen molar-refractivity contribution in [1.82, 2.24) is 9.71 Å². The Balaban J connectivity index is 2.22. The number of benzene rings is 1. The van der Waals surface area contributed by atoms with Crippen molar-refractivity contribution in [3.05, 3.63) is 53.1 Å². The highest BCUT2D eigenvalue weighted by molar-refractivity contribution is 7.89. The smallest absolute Gasteiger partial charge is 0.244 e. The van der Waals surface area contributed by atoms with E-state index >= 15 is 0 Å². The van der Waals surface area contributed by atoms with Crippen LogP contribution in [0.2, 0.25) is 0 Å². The minimum Gasteiger partial charge on any atom is -0.398 e. The molecule has 0 aliphatic rings. The third-order valence-corrected chi connectivity index (χ3v) is 4.51. The molecule has 21 heavy (non-hydrogen) atoms. The SMILES string of the molecule is Cc1cc(CNS(=O)(=O)c2cnccc2N)cc(C)c1F. The van der Waals surface area contributed by atoms with Crippen LogP contribution in [0.1, 0.15) is 16.7 Å². The van der Waals surface area contributed by atoms with Crippen molar-refractivity contribution >= 4 is 15.7 Å². The van der Waals surface area contributed by atoms with Crippen molar-refractivity contribution in [2.24, 2.45) is 0 Å². The number of hydrogen-bond donors (Lipinski definition) is 2. The summed E-state index contributed by atoms with van der Waals surface area (Å²) in [5, 5.41) is 0. The summed E-state index contributed by atoms with van der Waals surface area (Å²) in [7, 11) is -3.76. The molecule has 3 N–H and O–H groups in total. The van der Waals surface area contributed by atoms with Crippen molar-refractivity contribution in [3.63, 3.8) is 0 Å². The first-order valence-corrected chi connectivity index (χ1v) is 7.74. The summed E-state index contributed by atoms with van der Waals surface area (Å²) < 4.78 is 40.3. The first-order valence-electron chi connectivity index (χ1n) is 6.26. The van der Waals surface area contributed by atoms with Crippen LogP contribution in [0.25, 0.3) is 0 Å². The van der Waals surface area contributed by atoms with E-state index in [-0.39, 0.29) is 22.9 Å². The standard InChI is InChI=1S/C14H16FN3O2S/c1-9-5-11(6-10(2)14(9)15)7-18-21(19,20)13-8-17-4-3-12(13)16/h3-6,8,18H,7H2,1-2H3,(H2,16,17). The van der Waals surface area contributed by atoms with Crippen LogP contribution < -0.4 is 10.5 Å². The van der Waals surface area contributed by atoms with Crippen molar-refractivity contribution in [2.75, 3.05) is 5.73 Å². The molecule has 112 valence electrons. The Labute approximate surface area is 123 Å². The second-order valence-corrected chi connectivity index (χ2v) is 6.52. The third kappa shape index (κ3) is 3.37. The van der Waals surface area contributed by atoms with E-state index in [1.54, 1.807) is 26.0 Å². The molecule has 7 heteroatoms. The predicted octanol–water partition coefficient (Wildman–Crippen LogP) is 1.90. The molecule has 0 aliphatic heterocycles. The maximum absolute atomic E-state index is 13.5. The van der Waals surface area contributed by atoms with Gasteiger partial charge >= 0.3 is 0 Å². The number of nitrogens with two attached hydrogens (primary N) is 1. The van der Waals surface area contributed by atoms with Crippen LogP contribution in [0.5, 0.6) is 0 Å². The van der Waals surface area contributed by atoms with Gasteiger partial charge in [-0.15, -0.1) is 0 Å². The predicted molar refractivity (Wildman–Crippen MR) is 78.5 cm³/mol. The van der Waals surface area contributed by atoms with Crippen LogP contribution in [0.4, 0.5) is 10.1 Å². The quantitative estimate of drug-likeness (QED) is 0.903. The molecule has 0 radical (unpaired) electrons. The van der Waals surface area contributed by atoms with E-state index in [0.717, 1.165) is 0 Å². The van der Waals surface area contributed by atoms with Crippen LogP contribution in [0.15, 0.2) is 35.5 Å². The fraction of sp³-hybridized carbons (Fsp3) is 0.214. The normalized spacial score (nSPS) is 11.6. The Morgan fingerprint density at radius 3 is 2.48 bits per heavy atom. The van der Waals surface area contributed by atoms with E-state index < -0.39 is 10.0 Å². The summed E-state index contributed by atoms with van der Waals surface area (Å²) in [5.74, 6) is -0.280. The van der Waals surface area contributed by atoms with Gasteiger partial charge in [-0.1, -0.05) is 12.1 Å². The fourth-order valence-corrected chi connectivity index (χ4v) is 3.10. The van der Waals surface area contributed by atoms with Gasteiger partial charge in [0.05, 0.1) is 5.69 Å². The van der Waals surface area contributed by atoms with E-state index in [1.165, 1.54) is 18.5 Å². The molecule has 1 heterocycles. The molecule has 0 bridgehead atoms. The summed E-state index contributed by atoms with van der Waals surface area (Å²) in [6.07, 6.45) is 2.61. The van der Waals surface area contributed by atoms with Gasteiger partial charge in [0.25, 0.3) is 0 Å². The first-order chi connectivity index (χ1) is 9.81. The van der Waals surface area contributed by atoms with E-state index in [9.17, 15) is 12.8 Å². The molecule has 0 saturated heterocycles. The zero-order valence-electron chi connectivity index (χ0n) is 11.7. The minimum atomic E-state index is -3.76. The van der Waals surface area contributed by atoms with E-state index in [0.29, 0.717) is 16.7 Å². The number of nitrogens with zero attached hydrogens (tertiary/aromatic N) is 1. The lowest BCUT2D eigenvalue weighted by Crippen LogP contribution is -2.24. The van der Waals surface area contributed by atoms with Crippen molar-refractivity contribution in [1.29, 1.82) is 0 Å². The average molecular weight is 309 g/mol. The van der Waals surface area contributed by atoms with Crippen LogP contribution >= 0.6 is 0 Å². The van der Waals surface area contributed by atoms with Crippen LogP contribution in [0, 0.1) is 19.7 Å². The second-order valence-electron chi connectivity index (χ2n) is 4.78. The molecule has 0 aliphatic carbocycles. The molecule has 0 fully saturated rings. The topological polar surface area (TPSA) is 85.1 Å². The largest absolute Gasteiger partial charge is 0.398 e. The number of halogens is 1. The molecule has 0 atom stereocenters. The number of rotatable bonds is 4. The molecular weight excluding hydrogens is 293 g/mol. The molecule has 2 rings (SSSR count). The number of sulfonamides is 1. The lowest BCUT2D eigenvalue weighted by molar-refractivity contribution is 0.581. The number of nitrogen functional groups attached to an aromatic ring is 1. The molecule has 1 aromatic carbocycles. The zero-order valence-corrected chi connectivity index (χ0v) is 12.5. The molecule has 0 unspecified atom stereocenters. The number of pyridine rings is 1. The van der Waals surface area contributed by atoms with Gasteiger partial charge in [0.15, 0.2) is 0 Å². The maximum atomic E-state index is 13.5. The van der Waals surface area contributed by atoms with Crippen LogP contribution in [-0.2, 0) is 16.6 Å². The Hall–Kier alpha value is -1.99. The van der Waals surface area contributed by atoms with Gasteiger partial charge in [-0.3, -0.25) is 4.98 Å². The summed E-state index contributed by atoms with van der Waals surface area (Å²) in [6, 6.07) is 4.63. The van der Waals surface area contributed by atoms with Gasteiger partial charge < -0.3 is 5.73 Å². The number of aryl methyl sites for hydroxylation is 2. The van der Waals surface area contributed by atoms with Gasteiger partial charge in [0, 0.05) is 18.9 Å². The first kappa shape index (κ1) is 15.4. The van der Waals surface area contributed by atoms with Crippen molar-refractivity contribution < 1.29 is 12.8 Å². The zero-order chi connectivity index (χ0) is 15.6. The van der Waals surface area contributed by atoms with E-state index in [1.807, 2.05) is 0 Å². The summed E-state index contributed by atoms with van der Waals surface area (Å²) in [6.45, 7) is 3.33. The van der Waals surface area contributed by atoms with Crippen LogP contribution in [0.3, 0.4) is 0 Å². The van der Waals surface area contributed by atoms with Gasteiger partial charge in [-0.25, -0.2) is 17.5 Å². The maximum Gasteiger partial charge on any atom is 0.244 e. The number of hydrogen-bond acceptors (Lipinski definition) is 4. The highest BCUT2D eigenvalue weighted by Crippen LogP contribution is 2.18. The number of nitrogens with one attached hydrogen (secondary N) is 1. The summed E-state index contributed by atoms with van der Waals surface area (Å²) >= 11 is 0. The molecule has 0 spiro atoms. The molecule has 1 aromatic heterocycles. The average Bonchev–Trinajstić information content (AvgIpc) is 2.43. The van der Waals surface area contributed by atoms with E-state index in [4.69, 9.17) is 5.73 Å². The van der Waals surface area contributed by atoms with Gasteiger partial charge in [-0.05, 0) is 36.6 Å². The number of anilines is 1. The highest BCUT2D eigenvalue weighted by atomic mass is 32.2. The lowest BCUT2D eigenvalue weighted by Gasteiger charge is -2.10. The molecule has 5 nitrogen and oxygen atoms in total.